The highest BCUT2D eigenvalue weighted by molar-refractivity contribution is 5.38. The third kappa shape index (κ3) is 34.2. The van der Waals surface area contributed by atoms with E-state index in [9.17, 15) is 0 Å². The summed E-state index contributed by atoms with van der Waals surface area (Å²) in [6.07, 6.45) is 19.0. The van der Waals surface area contributed by atoms with Crippen molar-refractivity contribution in [1.29, 1.82) is 0 Å². The monoisotopic (exact) mass is 1840 g/mol. The summed E-state index contributed by atoms with van der Waals surface area (Å²) in [5.41, 5.74) is 11.4. The third-order valence-corrected chi connectivity index (χ3v) is 22.2. The van der Waals surface area contributed by atoms with E-state index in [1.807, 2.05) is 130 Å². The number of hydrogen-bond acceptors (Lipinski definition) is 26. The van der Waals surface area contributed by atoms with Crippen molar-refractivity contribution in [2.24, 2.45) is 0 Å². The number of terminal acetylenes is 1. The van der Waals surface area contributed by atoms with Crippen LogP contribution in [-0.4, -0.2) is 140 Å². The summed E-state index contributed by atoms with van der Waals surface area (Å²) >= 11 is 0. The van der Waals surface area contributed by atoms with Gasteiger partial charge in [-0.25, -0.2) is 29.3 Å². The normalized spacial score (nSPS) is 20.2. The molecule has 0 aliphatic carbocycles. The summed E-state index contributed by atoms with van der Waals surface area (Å²) in [4.78, 5) is 90.2. The van der Waals surface area contributed by atoms with E-state index in [-0.39, 0.29) is 93.8 Å². The van der Waals surface area contributed by atoms with E-state index in [0.29, 0.717) is 101 Å². The third-order valence-electron chi connectivity index (χ3n) is 22.2. The lowest BCUT2D eigenvalue weighted by molar-refractivity contribution is -0.341. The van der Waals surface area contributed by atoms with Crippen LogP contribution < -0.4 is 38.3 Å². The van der Waals surface area contributed by atoms with Crippen LogP contribution in [0.25, 0.3) is 0 Å². The van der Waals surface area contributed by atoms with Crippen molar-refractivity contribution in [2.75, 3.05) is 46.8 Å². The Labute approximate surface area is 790 Å². The Hall–Kier alpha value is -11.5. The largest absolute Gasteiger partial charge is 0.497 e. The highest BCUT2D eigenvalue weighted by atomic mass is 17.2. The zero-order chi connectivity index (χ0) is 94.0. The lowest BCUT2D eigenvalue weighted by Gasteiger charge is -2.21. The second-order valence-corrected chi connectivity index (χ2v) is 32.9. The molecule has 12 atom stereocenters. The number of carbonyl (C=O) groups excluding carboxylic acids is 3. The van der Waals surface area contributed by atoms with Crippen molar-refractivity contribution in [2.45, 2.75) is 237 Å². The maximum atomic E-state index is 8.00. The van der Waals surface area contributed by atoms with Crippen LogP contribution in [0.15, 0.2) is 218 Å². The summed E-state index contributed by atoms with van der Waals surface area (Å²) in [6.45, 7) is 23.6. The maximum Gasteiger partial charge on any atom is 0.165 e. The van der Waals surface area contributed by atoms with Crippen molar-refractivity contribution in [3.05, 3.63) is 274 Å². The number of carbonyl (C=O) groups is 3. The van der Waals surface area contributed by atoms with Crippen LogP contribution in [-0.2, 0) is 151 Å². The molecule has 0 N–H and O–H groups in total. The zero-order valence-electron chi connectivity index (χ0n) is 77.0. The Balaban J connectivity index is 0.000000415. The quantitative estimate of drug-likeness (QED) is 0.0149. The number of methoxy groups -OCH3 is 1. The molecule has 9 aromatic carbocycles. The predicted octanol–water partition coefficient (Wildman–Crippen LogP) is 20.2. The highest BCUT2D eigenvalue weighted by Crippen LogP contribution is 2.37. The SMILES string of the molecule is C#CC#CC#COc1ccc(OC2CO[C@@H]3[C@@H](OOCc4ccc(OOCc5ccc(OC)cc5)cc4)CO[C@H]23)cc1.C=O.C=O.C=O.CCCCCc1ccc(COOc2ccc(COO[C@H]3CO[C@@H]4C(Oc5ccc(C(C)(C)C)cc5)CO[C@H]34)cc2)cc1.CCCCCc1ccc(COOc2ccc(COO[C@H]3CO[C@@H]4C(Oc5ccc(CCCCC)cc5)CO[C@H]34)cc2)cc1.[HH].[HH].[HH].[HH].[HH].[HH]. The fraction of sp³-hybridized carbons (Fsp3) is 0.411. The molecule has 6 heterocycles. The molecular formula is C107H136O26. The van der Waals surface area contributed by atoms with Crippen molar-refractivity contribution in [1.82, 2.24) is 0 Å². The van der Waals surface area contributed by atoms with Gasteiger partial charge in [0.1, 0.15) is 150 Å². The zero-order valence-corrected chi connectivity index (χ0v) is 77.0. The first-order valence-electron chi connectivity index (χ1n) is 45.1. The van der Waals surface area contributed by atoms with E-state index in [1.165, 1.54) is 80.0 Å². The van der Waals surface area contributed by atoms with Crippen LogP contribution in [0.4, 0.5) is 0 Å². The molecule has 9 aromatic rings. The molecule has 26 heteroatoms. The average Bonchev–Trinajstić information content (AvgIpc) is 1.66. The van der Waals surface area contributed by atoms with Crippen LogP contribution in [0.3, 0.4) is 0 Å². The molecule has 0 aromatic heterocycles. The van der Waals surface area contributed by atoms with E-state index >= 15 is 0 Å². The summed E-state index contributed by atoms with van der Waals surface area (Å²) in [6, 6.07) is 70.7. The lowest BCUT2D eigenvalue weighted by Crippen LogP contribution is -2.35. The molecule has 6 aliphatic rings. The summed E-state index contributed by atoms with van der Waals surface area (Å²) in [5.74, 6) is 15.0. The van der Waals surface area contributed by atoms with Crippen molar-refractivity contribution < 1.29 is 134 Å². The highest BCUT2D eigenvalue weighted by Gasteiger charge is 2.53. The number of rotatable bonds is 44. The van der Waals surface area contributed by atoms with E-state index in [2.05, 4.69) is 144 Å². The number of hydrogen-bond donors (Lipinski definition) is 0. The first-order chi connectivity index (χ1) is 65.3. The van der Waals surface area contributed by atoms with E-state index in [4.69, 9.17) is 132 Å². The van der Waals surface area contributed by atoms with Crippen molar-refractivity contribution >= 4 is 20.4 Å². The molecule has 0 saturated carbocycles. The van der Waals surface area contributed by atoms with E-state index < -0.39 is 0 Å². The number of ether oxygens (including phenoxy) is 11. The van der Waals surface area contributed by atoms with Gasteiger partial charge in [0, 0.05) is 20.4 Å². The fourth-order valence-corrected chi connectivity index (χ4v) is 14.9. The summed E-state index contributed by atoms with van der Waals surface area (Å²) < 4.78 is 64.7. The van der Waals surface area contributed by atoms with Gasteiger partial charge in [0.2, 0.25) is 0 Å². The van der Waals surface area contributed by atoms with Gasteiger partial charge in [-0.15, -0.1) is 6.42 Å². The van der Waals surface area contributed by atoms with Gasteiger partial charge in [-0.2, -0.15) is 14.7 Å². The summed E-state index contributed by atoms with van der Waals surface area (Å²) in [5, 5.41) is 0. The molecule has 3 unspecified atom stereocenters. The second-order valence-electron chi connectivity index (χ2n) is 32.9. The molecule has 0 amide bonds. The Morgan fingerprint density at radius 2 is 0.556 bits per heavy atom. The topological polar surface area (TPSA) is 263 Å². The molecule has 133 heavy (non-hydrogen) atoms. The molecule has 6 saturated heterocycles. The van der Waals surface area contributed by atoms with Crippen LogP contribution in [0.2, 0.25) is 0 Å². The van der Waals surface area contributed by atoms with Gasteiger partial charge in [0.05, 0.1) is 46.8 Å². The molecule has 720 valence electrons. The number of fused-ring (bicyclic) bond motifs is 3. The Morgan fingerprint density at radius 3 is 0.857 bits per heavy atom. The van der Waals surface area contributed by atoms with Crippen molar-refractivity contribution in [3.63, 3.8) is 0 Å². The minimum atomic E-state index is -0.371. The average molecular weight is 1840 g/mol. The molecule has 6 fully saturated rings. The smallest absolute Gasteiger partial charge is 0.165 e. The number of unbranched alkanes of at least 4 members (excludes halogenated alkanes) is 6. The van der Waals surface area contributed by atoms with Gasteiger partial charge in [0.25, 0.3) is 0 Å². The Bertz CT molecular complexity index is 4940. The van der Waals surface area contributed by atoms with Crippen LogP contribution in [0, 0.1) is 36.2 Å². The van der Waals surface area contributed by atoms with Crippen LogP contribution >= 0.6 is 0 Å². The standard InChI is InChI=1S/C36H46O7.C35H44O7.C33H28O9.3CH2O.6H2/c1-3-5-7-9-27-11-13-29(14-12-27)23-39-42-32-21-17-30(18-22-32)24-40-43-34-26-38-35-33(25-37-36(34)35)41-31-19-15-28(16-20-31)10-8-6-4-2;1-5-6-7-8-25-9-11-26(12-10-25)21-38-41-30-17-13-27(14-18-30)22-39-42-32-24-37-33-31(23-36-34(32)33)40-29-19-15-28(16-20-29)35(2,3)4;1-3-4-5-6-19-35-27-15-17-28(18-16-27)40-30-22-36-33-31(23-37-32(30)33)42-39-21-25-9-13-29(14-10-25)41-38-20-24-7-11-26(34-2)12-8-24;3*1-2;;;;;;/h11-22,33-36H,3-10,23-26H2,1-2H3;9-20,31-34H,5-8,21-24H2,1-4H3;1,7-18,30-33H,20-23H2,2H3;3*1H2;6*1H/t33?,34-,35+,36+;31?,32-,33+,34+;30?,31-,32+,33+;;;;;;;;;/m000........./s1. The van der Waals surface area contributed by atoms with Crippen molar-refractivity contribution in [3.8, 4) is 82.2 Å². The van der Waals surface area contributed by atoms with Gasteiger partial charge in [-0.05, 0) is 208 Å². The molecule has 0 spiro atoms. The van der Waals surface area contributed by atoms with Crippen LogP contribution in [0.1, 0.15) is 164 Å². The van der Waals surface area contributed by atoms with Gasteiger partial charge in [-0.1, -0.05) is 201 Å². The molecule has 6 aliphatic heterocycles. The molecular weight excluding hydrogens is 1700 g/mol. The summed E-state index contributed by atoms with van der Waals surface area (Å²) in [7, 11) is 1.63. The molecule has 26 nitrogen and oxygen atoms in total. The Morgan fingerprint density at radius 1 is 0.308 bits per heavy atom. The van der Waals surface area contributed by atoms with E-state index in [0.717, 1.165) is 69.9 Å². The van der Waals surface area contributed by atoms with Crippen LogP contribution in [0.5, 0.6) is 46.0 Å². The minimum Gasteiger partial charge on any atom is -0.497 e. The van der Waals surface area contributed by atoms with Gasteiger partial charge >= 0.3 is 0 Å². The van der Waals surface area contributed by atoms with Gasteiger partial charge in [-0.3, -0.25) is 0 Å². The fourth-order valence-electron chi connectivity index (χ4n) is 14.9. The second kappa shape index (κ2) is 57.8. The molecule has 15 rings (SSSR count). The Kier molecular flexibility index (Phi) is 45.0. The number of aryl methyl sites for hydroxylation is 3. The maximum absolute atomic E-state index is 8.00. The predicted molar refractivity (Wildman–Crippen MR) is 509 cm³/mol. The van der Waals surface area contributed by atoms with Gasteiger partial charge in [0.15, 0.2) is 35.6 Å². The lowest BCUT2D eigenvalue weighted by atomic mass is 9.87. The first kappa shape index (κ1) is 104. The number of benzene rings is 9. The van der Waals surface area contributed by atoms with Gasteiger partial charge < -0.3 is 81.2 Å². The van der Waals surface area contributed by atoms with E-state index in [1.54, 1.807) is 43.5 Å². The minimum absolute atomic E-state index is 0. The molecule has 0 radical (unpaired) electrons. The first-order valence-corrected chi connectivity index (χ1v) is 45.1. The molecule has 0 bridgehead atoms.